The molecule has 1 saturated carbocycles. The molecule has 7 rings (SSSR count). The largest absolute Gasteiger partial charge is 0.487 e. The molecule has 1 saturated heterocycles. The molecule has 4 aliphatic rings. The summed E-state index contributed by atoms with van der Waals surface area (Å²) in [5.74, 6) is -2.33. The lowest BCUT2D eigenvalue weighted by atomic mass is 9.84. The number of rotatable bonds is 10. The van der Waals surface area contributed by atoms with E-state index in [0.29, 0.717) is 29.8 Å². The first-order valence-corrected chi connectivity index (χ1v) is 19.4. The maximum absolute atomic E-state index is 14.7. The highest BCUT2D eigenvalue weighted by atomic mass is 16.5. The van der Waals surface area contributed by atoms with Gasteiger partial charge in [0.1, 0.15) is 42.2 Å². The lowest BCUT2D eigenvalue weighted by molar-refractivity contribution is -0.143. The van der Waals surface area contributed by atoms with E-state index in [1.807, 2.05) is 30.3 Å². The average Bonchev–Trinajstić information content (AvgIpc) is 3.86. The van der Waals surface area contributed by atoms with Crippen molar-refractivity contribution in [3.63, 3.8) is 0 Å². The molecule has 3 aliphatic heterocycles. The Hall–Kier alpha value is -5.31. The van der Waals surface area contributed by atoms with E-state index in [-0.39, 0.29) is 50.1 Å². The molecule has 0 spiro atoms. The molecule has 0 radical (unpaired) electrons. The van der Waals surface area contributed by atoms with Crippen LogP contribution < -0.4 is 26.0 Å². The van der Waals surface area contributed by atoms with E-state index in [0.717, 1.165) is 37.7 Å². The van der Waals surface area contributed by atoms with Gasteiger partial charge in [0.25, 0.3) is 0 Å². The summed E-state index contributed by atoms with van der Waals surface area (Å²) in [6, 6.07) is 11.2. The number of carboxylic acid groups (broad SMARTS) is 1. The minimum Gasteiger partial charge on any atom is -0.487 e. The molecule has 15 heteroatoms. The highest BCUT2D eigenvalue weighted by Gasteiger charge is 2.44. The van der Waals surface area contributed by atoms with Crippen LogP contribution in [-0.2, 0) is 43.4 Å². The van der Waals surface area contributed by atoms with Crippen LogP contribution in [-0.4, -0.2) is 98.4 Å². The number of aliphatic carboxylic acids is 1. The second kappa shape index (κ2) is 18.3. The Bertz CT molecular complexity index is 1800. The van der Waals surface area contributed by atoms with Crippen molar-refractivity contribution in [1.29, 1.82) is 0 Å². The van der Waals surface area contributed by atoms with E-state index in [1.54, 1.807) is 49.1 Å². The first kappa shape index (κ1) is 39.4. The summed E-state index contributed by atoms with van der Waals surface area (Å²) < 4.78 is 7.58. The molecule has 1 aromatic heterocycles. The van der Waals surface area contributed by atoms with Crippen LogP contribution in [0.5, 0.6) is 5.75 Å². The van der Waals surface area contributed by atoms with Gasteiger partial charge in [0.2, 0.25) is 23.6 Å². The van der Waals surface area contributed by atoms with Crippen molar-refractivity contribution in [2.45, 2.75) is 114 Å². The predicted molar refractivity (Wildman–Crippen MR) is 202 cm³/mol. The summed E-state index contributed by atoms with van der Waals surface area (Å²) in [7, 11) is 1.68. The van der Waals surface area contributed by atoms with Gasteiger partial charge in [-0.05, 0) is 62.4 Å². The fraction of sp³-hybridized carbons (Fsp3) is 0.525. The number of likely N-dealkylation sites (tertiary alicyclic amines) is 1. The van der Waals surface area contributed by atoms with Gasteiger partial charge in [-0.15, -0.1) is 5.10 Å². The maximum atomic E-state index is 14.7. The van der Waals surface area contributed by atoms with E-state index in [9.17, 15) is 29.1 Å². The van der Waals surface area contributed by atoms with Crippen LogP contribution in [0, 0.1) is 5.92 Å². The third-order valence-electron chi connectivity index (χ3n) is 11.1. The molecule has 2 fully saturated rings. The molecule has 6 bridgehead atoms. The Morgan fingerprint density at radius 2 is 1.75 bits per heavy atom. The Balaban J connectivity index is 1.33. The van der Waals surface area contributed by atoms with Gasteiger partial charge in [-0.25, -0.2) is 9.48 Å². The van der Waals surface area contributed by atoms with Crippen molar-refractivity contribution in [3.8, 4) is 5.75 Å². The second-order valence-corrected chi connectivity index (χ2v) is 15.0. The van der Waals surface area contributed by atoms with Crippen LogP contribution in [0.3, 0.4) is 0 Å². The van der Waals surface area contributed by atoms with Crippen LogP contribution in [0.4, 0.5) is 0 Å². The molecular weight excluding hydrogens is 704 g/mol. The van der Waals surface area contributed by atoms with Crippen LogP contribution in [0.15, 0.2) is 60.8 Å². The highest BCUT2D eigenvalue weighted by Crippen LogP contribution is 2.32. The number of amides is 4. The monoisotopic (exact) mass is 756 g/mol. The minimum absolute atomic E-state index is 0.00187. The molecule has 2 aromatic carbocycles. The zero-order valence-electron chi connectivity index (χ0n) is 31.5. The summed E-state index contributed by atoms with van der Waals surface area (Å²) >= 11 is 0. The van der Waals surface area contributed by atoms with Crippen LogP contribution in [0.2, 0.25) is 0 Å². The smallest absolute Gasteiger partial charge is 0.326 e. The molecule has 6 atom stereocenters. The number of carboxylic acids is 1. The fourth-order valence-corrected chi connectivity index (χ4v) is 7.74. The van der Waals surface area contributed by atoms with Crippen molar-refractivity contribution in [2.24, 2.45) is 5.92 Å². The van der Waals surface area contributed by atoms with Gasteiger partial charge in [0.05, 0.1) is 18.3 Å². The van der Waals surface area contributed by atoms with Gasteiger partial charge in [-0.3, -0.25) is 19.2 Å². The Morgan fingerprint density at radius 3 is 2.45 bits per heavy atom. The number of aryl methyl sites for hydroxylation is 1. The number of benzene rings is 2. The number of fused-ring (bicyclic) bond motifs is 9. The first-order chi connectivity index (χ1) is 26.6. The number of carbonyl (C=O) groups excluding carboxylic acids is 4. The number of ether oxygens (including phenoxy) is 1. The van der Waals surface area contributed by atoms with E-state index >= 15 is 0 Å². The number of aromatic nitrogens is 3. The Labute approximate surface area is 320 Å². The third-order valence-corrected chi connectivity index (χ3v) is 11.1. The number of likely N-dealkylation sites (N-methyl/N-ethyl adjacent to an activating group) is 1. The van der Waals surface area contributed by atoms with Gasteiger partial charge >= 0.3 is 5.97 Å². The lowest BCUT2D eigenvalue weighted by Crippen LogP contribution is -2.58. The van der Waals surface area contributed by atoms with Crippen LogP contribution in [0.25, 0.3) is 0 Å². The van der Waals surface area contributed by atoms with Gasteiger partial charge < -0.3 is 36.0 Å². The van der Waals surface area contributed by atoms with E-state index in [2.05, 4.69) is 31.6 Å². The Morgan fingerprint density at radius 1 is 1.00 bits per heavy atom. The van der Waals surface area contributed by atoms with E-state index in [1.165, 1.54) is 4.90 Å². The normalized spacial score (nSPS) is 23.3. The molecule has 4 heterocycles. The standard InChI is InChI=1S/C40H52N8O7/c1-25(41-2)36(49)43-33(19-27-11-7-4-8-12-27)39(52)47-23-30-21-35(47)38(51)42-32(18-15-26-9-5-3-6-10-26)37(50)44-34(40(53)54)20-28-13-16-31(17-14-28)55-24-29-22-48(30)46-45-29/h3,5-6,9-10,13-14,16-17,22,25,27,30,32-35,41H,4,7-8,11-12,15,18-21,23-24H2,1-2H3,(H,42,51)(H,43,49)(H,44,50)(H,53,54)/t25-,30-,32-,33-,34-,35-/m0/s1. The SMILES string of the molecule is CN[C@@H](C)C(=O)N[C@@H](CC1CCCCC1)C(=O)N1C[C@@H]2C[C@H]1C(=O)N[C@@H](CCc1ccccc1)C(=O)N[C@H](C(=O)O)Cc1ccc(cc1)OCc1cn2nn1. The van der Waals surface area contributed by atoms with Crippen molar-refractivity contribution in [1.82, 2.24) is 41.2 Å². The molecule has 55 heavy (non-hydrogen) atoms. The number of hydrogen-bond acceptors (Lipinski definition) is 9. The third kappa shape index (κ3) is 10.3. The highest BCUT2D eigenvalue weighted by molar-refractivity contribution is 5.96. The molecule has 0 unspecified atom stereocenters. The second-order valence-electron chi connectivity index (χ2n) is 15.0. The van der Waals surface area contributed by atoms with Crippen molar-refractivity contribution < 1.29 is 33.8 Å². The molecule has 4 amide bonds. The lowest BCUT2D eigenvalue weighted by Gasteiger charge is -2.32. The van der Waals surface area contributed by atoms with Gasteiger partial charge in [0, 0.05) is 19.4 Å². The van der Waals surface area contributed by atoms with Crippen molar-refractivity contribution in [2.75, 3.05) is 13.6 Å². The zero-order valence-corrected chi connectivity index (χ0v) is 31.5. The molecule has 15 nitrogen and oxygen atoms in total. The Kier molecular flexibility index (Phi) is 13.1. The van der Waals surface area contributed by atoms with Gasteiger partial charge in [0.15, 0.2) is 0 Å². The summed E-state index contributed by atoms with van der Waals surface area (Å²) in [6.07, 6.45) is 8.12. The van der Waals surface area contributed by atoms with E-state index in [4.69, 9.17) is 4.74 Å². The summed E-state index contributed by atoms with van der Waals surface area (Å²) in [5.41, 5.74) is 2.14. The van der Waals surface area contributed by atoms with Gasteiger partial charge in [-0.2, -0.15) is 0 Å². The number of nitrogens with zero attached hydrogens (tertiary/aromatic N) is 4. The number of carbonyl (C=O) groups is 5. The summed E-state index contributed by atoms with van der Waals surface area (Å²) in [5, 5.41) is 30.3. The zero-order chi connectivity index (χ0) is 38.9. The van der Waals surface area contributed by atoms with Crippen LogP contribution >= 0.6 is 0 Å². The molecular formula is C40H52N8O7. The van der Waals surface area contributed by atoms with E-state index < -0.39 is 54.0 Å². The topological polar surface area (TPSA) is 197 Å². The molecule has 1 aliphatic carbocycles. The number of nitrogens with one attached hydrogen (secondary N) is 4. The number of hydrogen-bond donors (Lipinski definition) is 5. The molecule has 294 valence electrons. The summed E-state index contributed by atoms with van der Waals surface area (Å²) in [4.78, 5) is 70.3. The minimum atomic E-state index is -1.27. The van der Waals surface area contributed by atoms with Gasteiger partial charge in [-0.1, -0.05) is 79.8 Å². The molecule has 3 aromatic rings. The molecule has 5 N–H and O–H groups in total. The quantitative estimate of drug-likeness (QED) is 0.205. The fourth-order valence-electron chi connectivity index (χ4n) is 7.74. The van der Waals surface area contributed by atoms with Crippen LogP contribution in [0.1, 0.15) is 81.2 Å². The van der Waals surface area contributed by atoms with Crippen molar-refractivity contribution >= 4 is 29.6 Å². The first-order valence-electron chi connectivity index (χ1n) is 19.4. The summed E-state index contributed by atoms with van der Waals surface area (Å²) in [6.45, 7) is 1.94. The predicted octanol–water partition coefficient (Wildman–Crippen LogP) is 2.31. The maximum Gasteiger partial charge on any atom is 0.326 e. The average molecular weight is 757 g/mol. The van der Waals surface area contributed by atoms with Crippen molar-refractivity contribution in [3.05, 3.63) is 77.6 Å².